The number of carbonyl (C=O) groups is 2. The number of thiol groups is 1. The number of carbonyl (C=O) groups excluding carboxylic acids is 2. The molecule has 46 heavy (non-hydrogen) atoms. The highest BCUT2D eigenvalue weighted by molar-refractivity contribution is 7.80. The molecule has 5 rings (SSSR count). The molecular weight excluding hydrogens is 618 g/mol. The first-order valence-corrected chi connectivity index (χ1v) is 14.8. The topological polar surface area (TPSA) is 84.2 Å². The Labute approximate surface area is 269 Å². The van der Waals surface area contributed by atoms with Crippen molar-refractivity contribution in [3.63, 3.8) is 0 Å². The Morgan fingerprint density at radius 3 is 2.11 bits per heavy atom. The number of nitrogens with one attached hydrogen (secondary N) is 2. The van der Waals surface area contributed by atoms with Crippen molar-refractivity contribution in [2.45, 2.75) is 50.2 Å². The van der Waals surface area contributed by atoms with Crippen molar-refractivity contribution in [1.82, 2.24) is 15.6 Å². The van der Waals surface area contributed by atoms with Crippen LogP contribution in [0.1, 0.15) is 53.6 Å². The molecule has 0 unspecified atom stereocenters. The summed E-state index contributed by atoms with van der Waals surface area (Å²) < 4.78 is 59.0. The lowest BCUT2D eigenvalue weighted by Gasteiger charge is -2.20. The highest BCUT2D eigenvalue weighted by Crippen LogP contribution is 2.37. The molecule has 2 aromatic heterocycles. The van der Waals surface area contributed by atoms with Crippen molar-refractivity contribution >= 4 is 35.5 Å². The van der Waals surface area contributed by atoms with Gasteiger partial charge < -0.3 is 15.1 Å². The van der Waals surface area contributed by atoms with E-state index in [-0.39, 0.29) is 34.0 Å². The van der Waals surface area contributed by atoms with Crippen LogP contribution in [0.5, 0.6) is 0 Å². The van der Waals surface area contributed by atoms with Crippen molar-refractivity contribution < 1.29 is 31.6 Å². The Morgan fingerprint density at radius 2 is 1.54 bits per heavy atom. The molecule has 0 bridgehead atoms. The van der Waals surface area contributed by atoms with Crippen molar-refractivity contribution in [2.24, 2.45) is 0 Å². The second-order valence-electron chi connectivity index (χ2n) is 11.5. The van der Waals surface area contributed by atoms with Crippen LogP contribution in [0.25, 0.3) is 33.6 Å². The maximum Gasteiger partial charge on any atom is 0.389 e. The van der Waals surface area contributed by atoms with Crippen LogP contribution in [-0.2, 0) is 6.42 Å². The molecule has 0 saturated heterocycles. The number of hydrogen-bond donors (Lipinski definition) is 3. The normalized spacial score (nSPS) is 11.5. The number of rotatable bonds is 6. The largest absolute Gasteiger partial charge is 0.437 e. The molecule has 2 amide bonds. The number of pyridine rings is 1. The molecule has 6 nitrogen and oxygen atoms in total. The van der Waals surface area contributed by atoms with Gasteiger partial charge in [-0.05, 0) is 87.4 Å². The standard InChI is InChI=1S/C29H27F4N3O3.C6H6S/c1-28(2,3)36-25(37)18-7-5-6-17(14-18)20-15-21-23(26(38)34-4)24(16-8-10-19(30)11-9-16)39-27(21)35-22(20)12-13-29(31,32)33;7-6-4-2-1-3-5-6/h5-11,14-15H,12-13H2,1-4H3,(H,34,38)(H,36,37);1-5,7H. The lowest BCUT2D eigenvalue weighted by Crippen LogP contribution is -2.40. The maximum atomic E-state index is 13.5. The second-order valence-corrected chi connectivity index (χ2v) is 12.0. The smallest absolute Gasteiger partial charge is 0.389 e. The van der Waals surface area contributed by atoms with Gasteiger partial charge in [0, 0.05) is 40.6 Å². The van der Waals surface area contributed by atoms with E-state index in [1.165, 1.54) is 31.3 Å². The van der Waals surface area contributed by atoms with Gasteiger partial charge in [-0.3, -0.25) is 9.59 Å². The van der Waals surface area contributed by atoms with Crippen LogP contribution in [0.3, 0.4) is 0 Å². The van der Waals surface area contributed by atoms with E-state index in [1.54, 1.807) is 30.3 Å². The van der Waals surface area contributed by atoms with Crippen LogP contribution in [0, 0.1) is 5.82 Å². The molecule has 5 aromatic rings. The van der Waals surface area contributed by atoms with Gasteiger partial charge in [0.2, 0.25) is 5.71 Å². The van der Waals surface area contributed by atoms with Crippen LogP contribution in [-0.4, -0.2) is 35.6 Å². The number of hydrogen-bond acceptors (Lipinski definition) is 5. The van der Waals surface area contributed by atoms with Crippen molar-refractivity contribution in [3.8, 4) is 22.5 Å². The molecule has 0 radical (unpaired) electrons. The lowest BCUT2D eigenvalue weighted by molar-refractivity contribution is -0.134. The number of fused-ring (bicyclic) bond motifs is 1. The predicted octanol–water partition coefficient (Wildman–Crippen LogP) is 8.66. The molecule has 2 heterocycles. The van der Waals surface area contributed by atoms with Gasteiger partial charge in [0.15, 0.2) is 0 Å². The van der Waals surface area contributed by atoms with E-state index >= 15 is 0 Å². The molecule has 0 spiro atoms. The molecule has 3 aromatic carbocycles. The molecule has 2 N–H and O–H groups in total. The number of amides is 2. The number of furan rings is 1. The zero-order valence-corrected chi connectivity index (χ0v) is 26.5. The van der Waals surface area contributed by atoms with Gasteiger partial charge in [-0.1, -0.05) is 30.3 Å². The molecular formula is C35H33F4N3O3S. The molecule has 0 atom stereocenters. The summed E-state index contributed by atoms with van der Waals surface area (Å²) in [6, 6.07) is 23.1. The van der Waals surface area contributed by atoms with Gasteiger partial charge >= 0.3 is 6.18 Å². The van der Waals surface area contributed by atoms with Gasteiger partial charge in [-0.2, -0.15) is 13.2 Å². The van der Waals surface area contributed by atoms with Gasteiger partial charge in [0.1, 0.15) is 11.6 Å². The molecule has 240 valence electrons. The Kier molecular flexibility index (Phi) is 10.6. The average Bonchev–Trinajstić information content (AvgIpc) is 3.37. The van der Waals surface area contributed by atoms with Crippen LogP contribution < -0.4 is 10.6 Å². The average molecular weight is 652 g/mol. The Morgan fingerprint density at radius 1 is 0.870 bits per heavy atom. The summed E-state index contributed by atoms with van der Waals surface area (Å²) in [5, 5.41) is 5.67. The minimum atomic E-state index is -4.43. The predicted molar refractivity (Wildman–Crippen MR) is 174 cm³/mol. The van der Waals surface area contributed by atoms with Crippen LogP contribution in [0.4, 0.5) is 17.6 Å². The molecule has 0 aliphatic carbocycles. The van der Waals surface area contributed by atoms with E-state index in [0.29, 0.717) is 22.3 Å². The summed E-state index contributed by atoms with van der Waals surface area (Å²) >= 11 is 4.08. The van der Waals surface area contributed by atoms with E-state index in [9.17, 15) is 27.2 Å². The van der Waals surface area contributed by atoms with Crippen LogP contribution in [0.15, 0.2) is 94.2 Å². The first-order chi connectivity index (χ1) is 21.6. The number of halogens is 4. The number of aryl methyl sites for hydroxylation is 1. The highest BCUT2D eigenvalue weighted by Gasteiger charge is 2.29. The van der Waals surface area contributed by atoms with Crippen LogP contribution in [0.2, 0.25) is 0 Å². The Balaban J connectivity index is 0.000000606. The van der Waals surface area contributed by atoms with E-state index in [1.807, 2.05) is 51.1 Å². The first-order valence-electron chi connectivity index (χ1n) is 14.3. The fraction of sp³-hybridized carbons (Fsp3) is 0.229. The van der Waals surface area contributed by atoms with Gasteiger partial charge in [-0.25, -0.2) is 9.37 Å². The zero-order valence-electron chi connectivity index (χ0n) is 25.6. The SMILES string of the molecule is CNC(=O)c1c(-c2ccc(F)cc2)oc2nc(CCC(F)(F)F)c(-c3cccc(C(=O)NC(C)(C)C)c3)cc12.Sc1ccccc1. The van der Waals surface area contributed by atoms with Crippen molar-refractivity contribution in [3.05, 3.63) is 108 Å². The quantitative estimate of drug-likeness (QED) is 0.127. The summed E-state index contributed by atoms with van der Waals surface area (Å²) in [5.41, 5.74) is 1.16. The molecule has 0 aliphatic heterocycles. The van der Waals surface area contributed by atoms with Crippen molar-refractivity contribution in [2.75, 3.05) is 7.05 Å². The maximum absolute atomic E-state index is 13.5. The third-order valence-corrected chi connectivity index (χ3v) is 6.95. The summed E-state index contributed by atoms with van der Waals surface area (Å²) in [5.74, 6) is -1.24. The Bertz CT molecular complexity index is 1830. The molecule has 0 aliphatic rings. The first kappa shape index (κ1) is 34.2. The van der Waals surface area contributed by atoms with Crippen LogP contribution >= 0.6 is 12.6 Å². The number of aromatic nitrogens is 1. The Hall–Kier alpha value is -4.64. The zero-order chi connectivity index (χ0) is 33.6. The monoisotopic (exact) mass is 651 g/mol. The second kappa shape index (κ2) is 14.2. The third kappa shape index (κ3) is 8.97. The summed E-state index contributed by atoms with van der Waals surface area (Å²) in [4.78, 5) is 31.2. The summed E-state index contributed by atoms with van der Waals surface area (Å²) in [6.45, 7) is 5.50. The summed E-state index contributed by atoms with van der Waals surface area (Å²) in [7, 11) is 1.43. The molecule has 0 saturated carbocycles. The number of benzene rings is 3. The van der Waals surface area contributed by atoms with Gasteiger partial charge in [0.25, 0.3) is 11.8 Å². The lowest BCUT2D eigenvalue weighted by atomic mass is 9.96. The highest BCUT2D eigenvalue weighted by atomic mass is 32.1. The minimum absolute atomic E-state index is 0.0320. The molecule has 11 heteroatoms. The fourth-order valence-electron chi connectivity index (χ4n) is 4.58. The van der Waals surface area contributed by atoms with E-state index in [4.69, 9.17) is 4.42 Å². The minimum Gasteiger partial charge on any atom is -0.437 e. The third-order valence-electron chi connectivity index (χ3n) is 6.65. The fourth-order valence-corrected chi connectivity index (χ4v) is 4.76. The van der Waals surface area contributed by atoms with E-state index < -0.39 is 36.3 Å². The number of alkyl halides is 3. The van der Waals surface area contributed by atoms with E-state index in [2.05, 4.69) is 28.2 Å². The van der Waals surface area contributed by atoms with Crippen molar-refractivity contribution in [1.29, 1.82) is 0 Å². The van der Waals surface area contributed by atoms with E-state index in [0.717, 1.165) is 4.90 Å². The van der Waals surface area contributed by atoms with Gasteiger partial charge in [-0.15, -0.1) is 12.6 Å². The summed E-state index contributed by atoms with van der Waals surface area (Å²) in [6.07, 6.45) is -6.01. The van der Waals surface area contributed by atoms with Gasteiger partial charge in [0.05, 0.1) is 16.6 Å². The number of nitrogens with zero attached hydrogens (tertiary/aromatic N) is 1. The molecule has 0 fully saturated rings.